The molecule has 0 saturated carbocycles. The number of carbonyl (C=O) groups excluding carboxylic acids is 2. The molecule has 0 radical (unpaired) electrons. The van der Waals surface area contributed by atoms with Crippen LogP contribution in [0.4, 0.5) is 28.9 Å². The molecule has 0 bridgehead atoms. The van der Waals surface area contributed by atoms with E-state index in [2.05, 4.69) is 10.6 Å². The molecule has 0 saturated heterocycles. The topological polar surface area (TPSA) is 91.1 Å². The summed E-state index contributed by atoms with van der Waals surface area (Å²) in [6, 6.07) is 3.92. The van der Waals surface area contributed by atoms with Crippen LogP contribution in [0.5, 0.6) is 0 Å². The summed E-state index contributed by atoms with van der Waals surface area (Å²) >= 11 is 0. The van der Waals surface area contributed by atoms with Crippen LogP contribution in [0.15, 0.2) is 35.3 Å². The van der Waals surface area contributed by atoms with Crippen molar-refractivity contribution in [2.75, 3.05) is 10.6 Å². The normalized spacial score (nSPS) is 16.6. The number of aromatic amines is 1. The van der Waals surface area contributed by atoms with Gasteiger partial charge in [0.05, 0.1) is 11.5 Å². The van der Waals surface area contributed by atoms with Crippen molar-refractivity contribution in [2.24, 2.45) is 0 Å². The second-order valence-corrected chi connectivity index (χ2v) is 5.65. The standard InChI is InChI=1S/C16H11F4N3O3/c17-8-1-2-9-10(5-13(24)22-11(9)4-8)14(25)23-12-3-7(16(18,19)20)6-21-15(12)26/h1-4,6,10H,5H2,(H,21,26)(H,22,24)(H,23,25). The molecule has 26 heavy (non-hydrogen) atoms. The molecule has 6 nitrogen and oxygen atoms in total. The van der Waals surface area contributed by atoms with Crippen LogP contribution in [-0.2, 0) is 15.8 Å². The number of amides is 2. The van der Waals surface area contributed by atoms with Crippen molar-refractivity contribution in [1.82, 2.24) is 4.98 Å². The third kappa shape index (κ3) is 3.44. The molecule has 2 aromatic rings. The Bertz CT molecular complexity index is 952. The third-order valence-electron chi connectivity index (χ3n) is 3.86. The number of aromatic nitrogens is 1. The summed E-state index contributed by atoms with van der Waals surface area (Å²) in [6.07, 6.45) is -4.51. The fraction of sp³-hybridized carbons (Fsp3) is 0.188. The molecule has 1 aliphatic rings. The highest BCUT2D eigenvalue weighted by Crippen LogP contribution is 2.34. The Morgan fingerprint density at radius 3 is 2.62 bits per heavy atom. The fourth-order valence-corrected chi connectivity index (χ4v) is 2.63. The molecular weight excluding hydrogens is 358 g/mol. The van der Waals surface area contributed by atoms with Crippen LogP contribution in [0.1, 0.15) is 23.5 Å². The summed E-state index contributed by atoms with van der Waals surface area (Å²) in [5.41, 5.74) is -2.27. The van der Waals surface area contributed by atoms with Gasteiger partial charge in [0.2, 0.25) is 11.8 Å². The number of nitrogens with one attached hydrogen (secondary N) is 3. The number of halogens is 4. The van der Waals surface area contributed by atoms with Crippen molar-refractivity contribution in [3.63, 3.8) is 0 Å². The highest BCUT2D eigenvalue weighted by molar-refractivity contribution is 6.05. The molecule has 2 amide bonds. The van der Waals surface area contributed by atoms with Gasteiger partial charge in [-0.3, -0.25) is 14.4 Å². The highest BCUT2D eigenvalue weighted by atomic mass is 19.4. The number of alkyl halides is 3. The summed E-state index contributed by atoms with van der Waals surface area (Å²) in [4.78, 5) is 37.8. The molecule has 1 aliphatic heterocycles. The lowest BCUT2D eigenvalue weighted by atomic mass is 9.89. The van der Waals surface area contributed by atoms with Crippen LogP contribution in [0, 0.1) is 5.82 Å². The van der Waals surface area contributed by atoms with Crippen molar-refractivity contribution in [2.45, 2.75) is 18.5 Å². The molecule has 0 spiro atoms. The number of anilines is 2. The lowest BCUT2D eigenvalue weighted by molar-refractivity contribution is -0.137. The van der Waals surface area contributed by atoms with Gasteiger partial charge in [-0.2, -0.15) is 13.2 Å². The minimum Gasteiger partial charge on any atom is -0.327 e. The monoisotopic (exact) mass is 369 g/mol. The van der Waals surface area contributed by atoms with Gasteiger partial charge in [-0.1, -0.05) is 6.07 Å². The predicted molar refractivity (Wildman–Crippen MR) is 83.1 cm³/mol. The molecule has 136 valence electrons. The van der Waals surface area contributed by atoms with Crippen molar-refractivity contribution < 1.29 is 27.2 Å². The zero-order chi connectivity index (χ0) is 19.1. The molecule has 0 fully saturated rings. The first-order valence-electron chi connectivity index (χ1n) is 7.35. The molecule has 1 aromatic carbocycles. The highest BCUT2D eigenvalue weighted by Gasteiger charge is 2.33. The van der Waals surface area contributed by atoms with Crippen molar-refractivity contribution in [1.29, 1.82) is 0 Å². The molecule has 3 N–H and O–H groups in total. The Balaban J connectivity index is 1.92. The van der Waals surface area contributed by atoms with E-state index in [1.165, 1.54) is 6.07 Å². The van der Waals surface area contributed by atoms with E-state index in [4.69, 9.17) is 0 Å². The number of rotatable bonds is 2. The number of benzene rings is 1. The van der Waals surface area contributed by atoms with Gasteiger partial charge in [0.25, 0.3) is 5.56 Å². The first-order chi connectivity index (χ1) is 12.1. The van der Waals surface area contributed by atoms with Gasteiger partial charge in [-0.15, -0.1) is 0 Å². The second-order valence-electron chi connectivity index (χ2n) is 5.65. The molecule has 2 heterocycles. The van der Waals surface area contributed by atoms with Gasteiger partial charge in [0.15, 0.2) is 0 Å². The van der Waals surface area contributed by atoms with Crippen molar-refractivity contribution >= 4 is 23.2 Å². The quantitative estimate of drug-likeness (QED) is 0.711. The van der Waals surface area contributed by atoms with E-state index in [-0.39, 0.29) is 12.1 Å². The molecule has 3 rings (SSSR count). The Morgan fingerprint density at radius 2 is 1.92 bits per heavy atom. The Morgan fingerprint density at radius 1 is 1.19 bits per heavy atom. The van der Waals surface area contributed by atoms with Crippen LogP contribution in [0.2, 0.25) is 0 Å². The van der Waals surface area contributed by atoms with Crippen LogP contribution >= 0.6 is 0 Å². The second kappa shape index (κ2) is 6.28. The summed E-state index contributed by atoms with van der Waals surface area (Å²) in [7, 11) is 0. The van der Waals surface area contributed by atoms with Crippen LogP contribution in [-0.4, -0.2) is 16.8 Å². The van der Waals surface area contributed by atoms with Crippen molar-refractivity contribution in [3.8, 4) is 0 Å². The average Bonchev–Trinajstić information content (AvgIpc) is 2.54. The first kappa shape index (κ1) is 17.6. The van der Waals surface area contributed by atoms with Gasteiger partial charge < -0.3 is 15.6 Å². The molecule has 1 aromatic heterocycles. The van der Waals surface area contributed by atoms with Gasteiger partial charge in [0, 0.05) is 18.3 Å². The van der Waals surface area contributed by atoms with E-state index in [9.17, 15) is 31.9 Å². The van der Waals surface area contributed by atoms with E-state index in [1.54, 1.807) is 0 Å². The van der Waals surface area contributed by atoms with Gasteiger partial charge >= 0.3 is 6.18 Å². The first-order valence-corrected chi connectivity index (χ1v) is 7.35. The lowest BCUT2D eigenvalue weighted by Gasteiger charge is -2.24. The largest absolute Gasteiger partial charge is 0.417 e. The third-order valence-corrected chi connectivity index (χ3v) is 3.86. The Kier molecular flexibility index (Phi) is 4.26. The Hall–Kier alpha value is -3.17. The number of H-pyrrole nitrogens is 1. The maximum atomic E-state index is 13.3. The smallest absolute Gasteiger partial charge is 0.327 e. The maximum absolute atomic E-state index is 13.3. The predicted octanol–water partition coefficient (Wildman–Crippen LogP) is 2.60. The van der Waals surface area contributed by atoms with E-state index >= 15 is 0 Å². The van der Waals surface area contributed by atoms with Crippen LogP contribution < -0.4 is 16.2 Å². The van der Waals surface area contributed by atoms with Crippen molar-refractivity contribution in [3.05, 3.63) is 57.8 Å². The summed E-state index contributed by atoms with van der Waals surface area (Å²) < 4.78 is 51.6. The summed E-state index contributed by atoms with van der Waals surface area (Å²) in [5, 5.41) is 4.53. The summed E-state index contributed by atoms with van der Waals surface area (Å²) in [6.45, 7) is 0. The minimum absolute atomic E-state index is 0.0966. The zero-order valence-electron chi connectivity index (χ0n) is 12.9. The van der Waals surface area contributed by atoms with Gasteiger partial charge in [0.1, 0.15) is 11.5 Å². The van der Waals surface area contributed by atoms with E-state index in [0.717, 1.165) is 12.1 Å². The molecule has 1 unspecified atom stereocenters. The number of carbonyl (C=O) groups is 2. The lowest BCUT2D eigenvalue weighted by Crippen LogP contribution is -2.32. The summed E-state index contributed by atoms with van der Waals surface area (Å²) in [5.74, 6) is -3.11. The number of hydrogen-bond acceptors (Lipinski definition) is 3. The SMILES string of the molecule is O=C1CC(C(=O)Nc2cc(C(F)(F)F)c[nH]c2=O)c2ccc(F)cc2N1. The average molecular weight is 369 g/mol. The van der Waals surface area contributed by atoms with Gasteiger partial charge in [-0.25, -0.2) is 4.39 Å². The van der Waals surface area contributed by atoms with Crippen LogP contribution in [0.3, 0.4) is 0 Å². The van der Waals surface area contributed by atoms with Gasteiger partial charge in [-0.05, 0) is 23.8 Å². The number of fused-ring (bicyclic) bond motifs is 1. The molecule has 0 aliphatic carbocycles. The maximum Gasteiger partial charge on any atom is 0.417 e. The minimum atomic E-state index is -4.71. The number of pyridine rings is 1. The van der Waals surface area contributed by atoms with E-state index in [0.29, 0.717) is 17.8 Å². The Labute approximate surface area is 143 Å². The van der Waals surface area contributed by atoms with E-state index < -0.39 is 46.5 Å². The van der Waals surface area contributed by atoms with Crippen LogP contribution in [0.25, 0.3) is 0 Å². The zero-order valence-corrected chi connectivity index (χ0v) is 12.9. The molecular formula is C16H11F4N3O3. The fourth-order valence-electron chi connectivity index (χ4n) is 2.63. The molecule has 1 atom stereocenters. The number of hydrogen-bond donors (Lipinski definition) is 3. The molecule has 10 heteroatoms. The van der Waals surface area contributed by atoms with E-state index in [1.807, 2.05) is 4.98 Å².